The number of rotatable bonds is 11. The largest absolute Gasteiger partial charge is 0.471 e. The summed E-state index contributed by atoms with van der Waals surface area (Å²) in [5.74, 6) is 0.336. The van der Waals surface area contributed by atoms with E-state index in [-0.39, 0.29) is 6.54 Å². The molecule has 0 spiro atoms. The summed E-state index contributed by atoms with van der Waals surface area (Å²) >= 11 is 0. The van der Waals surface area contributed by atoms with Gasteiger partial charge in [0.2, 0.25) is 11.8 Å². The van der Waals surface area contributed by atoms with Gasteiger partial charge in [0.1, 0.15) is 29.5 Å². The van der Waals surface area contributed by atoms with Crippen molar-refractivity contribution in [2.45, 2.75) is 131 Å². The molecule has 6 atom stereocenters. The molecule has 2 fully saturated rings. The average Bonchev–Trinajstić information content (AvgIpc) is 3.55. The molecule has 11 heteroatoms. The zero-order chi connectivity index (χ0) is 35.4. The zero-order valence-electron chi connectivity index (χ0n) is 29.8. The van der Waals surface area contributed by atoms with Crippen LogP contribution in [0.15, 0.2) is 18.2 Å². The van der Waals surface area contributed by atoms with Crippen molar-refractivity contribution in [3.05, 3.63) is 29.5 Å². The Bertz CT molecular complexity index is 1520. The first-order chi connectivity index (χ1) is 22.5. The van der Waals surface area contributed by atoms with Crippen molar-refractivity contribution in [3.8, 4) is 11.9 Å². The molecule has 1 saturated carbocycles. The SMILES string of the molecule is CC1CCC(CCCCCc2nc3ccc(C#N)cc3nc2OC2CN(C(=O)C(NC(=O)O)C(C)(C)C)C(C(=O)OC(C)(C)C)C2C)C1. The molecule has 2 amide bonds. The maximum Gasteiger partial charge on any atom is 0.405 e. The van der Waals surface area contributed by atoms with Crippen LogP contribution in [0.25, 0.3) is 11.0 Å². The third kappa shape index (κ3) is 9.36. The molecule has 1 saturated heterocycles. The van der Waals surface area contributed by atoms with E-state index in [4.69, 9.17) is 19.4 Å². The van der Waals surface area contributed by atoms with E-state index in [1.165, 1.54) is 30.6 Å². The van der Waals surface area contributed by atoms with Gasteiger partial charge in [0.05, 0.1) is 29.2 Å². The lowest BCUT2D eigenvalue weighted by molar-refractivity contribution is -0.165. The number of carbonyl (C=O) groups is 3. The fourth-order valence-corrected chi connectivity index (χ4v) is 7.01. The molecule has 0 bridgehead atoms. The molecule has 2 aliphatic rings. The van der Waals surface area contributed by atoms with Crippen molar-refractivity contribution >= 4 is 29.0 Å². The summed E-state index contributed by atoms with van der Waals surface area (Å²) < 4.78 is 12.4. The summed E-state index contributed by atoms with van der Waals surface area (Å²) in [5, 5.41) is 21.4. The maximum absolute atomic E-state index is 14.1. The van der Waals surface area contributed by atoms with Gasteiger partial charge in [0.25, 0.3) is 0 Å². The van der Waals surface area contributed by atoms with E-state index < -0.39 is 53.1 Å². The van der Waals surface area contributed by atoms with Crippen LogP contribution < -0.4 is 10.1 Å². The highest BCUT2D eigenvalue weighted by Gasteiger charge is 2.51. The van der Waals surface area contributed by atoms with Crippen LogP contribution in [0, 0.1) is 34.5 Å². The smallest absolute Gasteiger partial charge is 0.405 e. The predicted octanol–water partition coefficient (Wildman–Crippen LogP) is 6.66. The van der Waals surface area contributed by atoms with Crippen LogP contribution in [0.4, 0.5) is 4.79 Å². The Morgan fingerprint density at radius 1 is 1.06 bits per heavy atom. The monoisotopic (exact) mass is 663 g/mol. The number of aryl methyl sites for hydroxylation is 1. The highest BCUT2D eigenvalue weighted by atomic mass is 16.6. The van der Waals surface area contributed by atoms with Gasteiger partial charge in [-0.15, -0.1) is 0 Å². The summed E-state index contributed by atoms with van der Waals surface area (Å²) in [7, 11) is 0. The topological polar surface area (TPSA) is 155 Å². The number of hydrogen-bond acceptors (Lipinski definition) is 8. The second-order valence-electron chi connectivity index (χ2n) is 15.9. The van der Waals surface area contributed by atoms with Crippen molar-refractivity contribution < 1.29 is 29.0 Å². The highest BCUT2D eigenvalue weighted by Crippen LogP contribution is 2.35. The number of benzene rings is 1. The molecule has 2 heterocycles. The molecule has 2 aromatic rings. The van der Waals surface area contributed by atoms with Gasteiger partial charge in [-0.05, 0) is 75.5 Å². The molecule has 0 radical (unpaired) electrons. The van der Waals surface area contributed by atoms with Crippen LogP contribution in [-0.4, -0.2) is 68.3 Å². The Hall–Kier alpha value is -3.94. The van der Waals surface area contributed by atoms with Crippen LogP contribution in [0.5, 0.6) is 5.88 Å². The number of hydrogen-bond donors (Lipinski definition) is 2. The number of likely N-dealkylation sites (tertiary alicyclic amines) is 1. The Balaban J connectivity index is 1.62. The molecule has 1 aromatic heterocycles. The van der Waals surface area contributed by atoms with Gasteiger partial charge in [0.15, 0.2) is 0 Å². The molecule has 2 N–H and O–H groups in total. The first-order valence-electron chi connectivity index (χ1n) is 17.4. The molecule has 1 aliphatic carbocycles. The first-order valence-corrected chi connectivity index (χ1v) is 17.4. The number of carboxylic acid groups (broad SMARTS) is 1. The van der Waals surface area contributed by atoms with Crippen molar-refractivity contribution in [1.29, 1.82) is 5.26 Å². The van der Waals surface area contributed by atoms with Gasteiger partial charge in [0, 0.05) is 5.92 Å². The molecular formula is C37H53N5O6. The predicted molar refractivity (Wildman–Crippen MR) is 182 cm³/mol. The lowest BCUT2D eigenvalue weighted by Crippen LogP contribution is -2.57. The Kier molecular flexibility index (Phi) is 11.6. The third-order valence-corrected chi connectivity index (χ3v) is 9.53. The minimum absolute atomic E-state index is 0.0228. The highest BCUT2D eigenvalue weighted by molar-refractivity contribution is 5.91. The van der Waals surface area contributed by atoms with Crippen molar-refractivity contribution in [2.24, 2.45) is 23.2 Å². The van der Waals surface area contributed by atoms with Crippen molar-refractivity contribution in [1.82, 2.24) is 20.2 Å². The van der Waals surface area contributed by atoms with Gasteiger partial charge >= 0.3 is 12.1 Å². The van der Waals surface area contributed by atoms with Gasteiger partial charge < -0.3 is 24.8 Å². The standard InChI is InChI=1S/C37H53N5O6/c1-22-14-15-24(18-22)12-10-9-11-13-27-32(40-28-19-25(20-38)16-17-26(28)39-27)47-29-21-42(30(23(29)2)34(44)48-37(6,7)8)33(43)31(36(3,4)5)41-35(45)46/h16-17,19,22-24,29-31,41H,9-15,18,21H2,1-8H3,(H,45,46). The van der Waals surface area contributed by atoms with E-state index in [0.717, 1.165) is 31.1 Å². The summed E-state index contributed by atoms with van der Waals surface area (Å²) in [6, 6.07) is 5.20. The lowest BCUT2D eigenvalue weighted by atomic mass is 9.85. The normalized spacial score (nSPS) is 23.5. The minimum atomic E-state index is -1.33. The Morgan fingerprint density at radius 2 is 1.79 bits per heavy atom. The molecular weight excluding hydrogens is 610 g/mol. The van der Waals surface area contributed by atoms with Crippen LogP contribution in [0.1, 0.15) is 112 Å². The zero-order valence-corrected chi connectivity index (χ0v) is 29.8. The molecule has 4 rings (SSSR count). The number of fused-ring (bicyclic) bond motifs is 1. The van der Waals surface area contributed by atoms with E-state index in [1.54, 1.807) is 59.7 Å². The van der Waals surface area contributed by atoms with Crippen LogP contribution >= 0.6 is 0 Å². The average molecular weight is 664 g/mol. The quantitative estimate of drug-likeness (QED) is 0.198. The van der Waals surface area contributed by atoms with Gasteiger partial charge in [-0.25, -0.2) is 19.6 Å². The number of nitriles is 1. The number of nitrogens with zero attached hydrogens (tertiary/aromatic N) is 4. The molecule has 1 aromatic carbocycles. The summed E-state index contributed by atoms with van der Waals surface area (Å²) in [6.07, 6.45) is 7.01. The van der Waals surface area contributed by atoms with E-state index >= 15 is 0 Å². The van der Waals surface area contributed by atoms with Gasteiger partial charge in [-0.2, -0.15) is 5.26 Å². The molecule has 11 nitrogen and oxygen atoms in total. The number of amides is 2. The fourth-order valence-electron chi connectivity index (χ4n) is 7.01. The minimum Gasteiger partial charge on any atom is -0.471 e. The third-order valence-electron chi connectivity index (χ3n) is 9.53. The first kappa shape index (κ1) is 36.9. The number of aromatic nitrogens is 2. The fraction of sp³-hybridized carbons (Fsp3) is 0.676. The van der Waals surface area contributed by atoms with Crippen molar-refractivity contribution in [3.63, 3.8) is 0 Å². The van der Waals surface area contributed by atoms with E-state index in [1.807, 2.05) is 6.92 Å². The number of nitrogens with one attached hydrogen (secondary N) is 1. The van der Waals surface area contributed by atoms with E-state index in [2.05, 4.69) is 18.3 Å². The number of ether oxygens (including phenoxy) is 2. The summed E-state index contributed by atoms with van der Waals surface area (Å²) in [4.78, 5) is 50.5. The molecule has 1 aliphatic heterocycles. The molecule has 262 valence electrons. The Morgan fingerprint density at radius 3 is 2.40 bits per heavy atom. The number of carbonyl (C=O) groups excluding carboxylic acids is 2. The van der Waals surface area contributed by atoms with Crippen molar-refractivity contribution in [2.75, 3.05) is 6.54 Å². The second-order valence-corrected chi connectivity index (χ2v) is 15.9. The van der Waals surface area contributed by atoms with Gasteiger partial charge in [-0.3, -0.25) is 4.79 Å². The van der Waals surface area contributed by atoms with E-state index in [9.17, 15) is 24.8 Å². The molecule has 48 heavy (non-hydrogen) atoms. The summed E-state index contributed by atoms with van der Waals surface area (Å²) in [5.41, 5.74) is 0.732. The maximum atomic E-state index is 14.1. The molecule has 6 unspecified atom stereocenters. The second kappa shape index (κ2) is 15.1. The van der Waals surface area contributed by atoms with Crippen LogP contribution in [0.2, 0.25) is 0 Å². The van der Waals surface area contributed by atoms with Gasteiger partial charge in [-0.1, -0.05) is 66.7 Å². The lowest BCUT2D eigenvalue weighted by Gasteiger charge is -2.35. The van der Waals surface area contributed by atoms with Crippen LogP contribution in [0.3, 0.4) is 0 Å². The number of unbranched alkanes of at least 4 members (excludes halogenated alkanes) is 2. The van der Waals surface area contributed by atoms with E-state index in [0.29, 0.717) is 34.6 Å². The Labute approximate surface area is 284 Å². The number of esters is 1. The summed E-state index contributed by atoms with van der Waals surface area (Å²) in [6.45, 7) is 14.8. The van der Waals surface area contributed by atoms with Crippen LogP contribution in [-0.2, 0) is 20.7 Å².